The molecular formula is C23H23N3O6S. The number of carbonyl (C=O) groups is 4. The van der Waals surface area contributed by atoms with Crippen LogP contribution in [0.5, 0.6) is 11.5 Å². The van der Waals surface area contributed by atoms with E-state index < -0.39 is 23.6 Å². The van der Waals surface area contributed by atoms with Crippen LogP contribution in [-0.4, -0.2) is 48.1 Å². The van der Waals surface area contributed by atoms with Crippen LogP contribution >= 0.6 is 11.8 Å². The van der Waals surface area contributed by atoms with Crippen LogP contribution in [-0.2, 0) is 14.4 Å². The van der Waals surface area contributed by atoms with Crippen molar-refractivity contribution in [3.63, 3.8) is 0 Å². The number of thioether (sulfide) groups is 1. The van der Waals surface area contributed by atoms with E-state index in [1.54, 1.807) is 18.2 Å². The lowest BCUT2D eigenvalue weighted by Gasteiger charge is -2.12. The zero-order chi connectivity index (χ0) is 24.1. The number of rotatable bonds is 8. The quantitative estimate of drug-likeness (QED) is 0.569. The summed E-state index contributed by atoms with van der Waals surface area (Å²) in [6.07, 6.45) is 1.50. The Hall–Kier alpha value is -3.79. The fourth-order valence-electron chi connectivity index (χ4n) is 3.00. The molecule has 9 nitrogen and oxygen atoms in total. The van der Waals surface area contributed by atoms with Gasteiger partial charge in [0.2, 0.25) is 5.91 Å². The lowest BCUT2D eigenvalue weighted by Crippen LogP contribution is -2.36. The van der Waals surface area contributed by atoms with E-state index in [2.05, 4.69) is 5.32 Å². The second-order valence-corrected chi connectivity index (χ2v) is 8.27. The van der Waals surface area contributed by atoms with Crippen molar-refractivity contribution in [1.82, 2.24) is 4.90 Å². The number of nitrogens with zero attached hydrogens (tertiary/aromatic N) is 1. The van der Waals surface area contributed by atoms with Gasteiger partial charge in [0.1, 0.15) is 6.54 Å². The summed E-state index contributed by atoms with van der Waals surface area (Å²) in [6.45, 7) is 3.26. The number of ether oxygens (including phenoxy) is 2. The lowest BCUT2D eigenvalue weighted by molar-refractivity contribution is -0.127. The summed E-state index contributed by atoms with van der Waals surface area (Å²) in [5.74, 6) is -1.01. The molecule has 1 heterocycles. The first-order chi connectivity index (χ1) is 15.7. The number of hydrogen-bond acceptors (Lipinski definition) is 7. The third kappa shape index (κ3) is 5.92. The fraction of sp³-hybridized carbons (Fsp3) is 0.217. The number of amides is 4. The largest absolute Gasteiger partial charge is 0.493 e. The Morgan fingerprint density at radius 2 is 1.85 bits per heavy atom. The number of methoxy groups -OCH3 is 1. The molecule has 0 saturated carbocycles. The smallest absolute Gasteiger partial charge is 0.294 e. The predicted molar refractivity (Wildman–Crippen MR) is 125 cm³/mol. The first kappa shape index (κ1) is 23.9. The molecule has 1 aliphatic heterocycles. The Balaban J connectivity index is 1.67. The molecule has 1 fully saturated rings. The average molecular weight is 470 g/mol. The van der Waals surface area contributed by atoms with Crippen LogP contribution in [0.2, 0.25) is 0 Å². The van der Waals surface area contributed by atoms with Gasteiger partial charge >= 0.3 is 0 Å². The van der Waals surface area contributed by atoms with Gasteiger partial charge < -0.3 is 20.5 Å². The summed E-state index contributed by atoms with van der Waals surface area (Å²) >= 11 is 0.719. The zero-order valence-corrected chi connectivity index (χ0v) is 19.2. The second kappa shape index (κ2) is 10.2. The minimum Gasteiger partial charge on any atom is -0.493 e. The highest BCUT2D eigenvalue weighted by Crippen LogP contribution is 2.34. The molecule has 0 unspecified atom stereocenters. The van der Waals surface area contributed by atoms with Gasteiger partial charge in [-0.05, 0) is 72.6 Å². The Morgan fingerprint density at radius 1 is 1.09 bits per heavy atom. The van der Waals surface area contributed by atoms with Crippen molar-refractivity contribution in [3.8, 4) is 11.5 Å². The van der Waals surface area contributed by atoms with Crippen LogP contribution in [0.3, 0.4) is 0 Å². The molecule has 0 aromatic heterocycles. The summed E-state index contributed by atoms with van der Waals surface area (Å²) in [7, 11) is 1.45. The number of carbonyl (C=O) groups excluding carboxylic acids is 4. The van der Waals surface area contributed by atoms with Crippen LogP contribution in [0.1, 0.15) is 16.7 Å². The van der Waals surface area contributed by atoms with E-state index in [0.717, 1.165) is 27.8 Å². The normalized spacial score (nSPS) is 14.5. The molecule has 10 heteroatoms. The van der Waals surface area contributed by atoms with Gasteiger partial charge in [-0.1, -0.05) is 12.1 Å². The van der Waals surface area contributed by atoms with Gasteiger partial charge in [0, 0.05) is 5.69 Å². The van der Waals surface area contributed by atoms with E-state index in [9.17, 15) is 19.2 Å². The maximum Gasteiger partial charge on any atom is 0.294 e. The topological polar surface area (TPSA) is 128 Å². The van der Waals surface area contributed by atoms with Gasteiger partial charge in [-0.15, -0.1) is 0 Å². The van der Waals surface area contributed by atoms with Crippen molar-refractivity contribution in [3.05, 3.63) is 58.0 Å². The second-order valence-electron chi connectivity index (χ2n) is 7.28. The van der Waals surface area contributed by atoms with Gasteiger partial charge in [0.15, 0.2) is 18.1 Å². The Morgan fingerprint density at radius 3 is 2.52 bits per heavy atom. The molecule has 0 radical (unpaired) electrons. The average Bonchev–Trinajstić information content (AvgIpc) is 3.02. The molecule has 4 amide bonds. The first-order valence-electron chi connectivity index (χ1n) is 9.89. The predicted octanol–water partition coefficient (Wildman–Crippen LogP) is 2.85. The van der Waals surface area contributed by atoms with E-state index in [-0.39, 0.29) is 17.4 Å². The van der Waals surface area contributed by atoms with Crippen LogP contribution in [0.15, 0.2) is 41.3 Å². The maximum absolute atomic E-state index is 12.4. The maximum atomic E-state index is 12.4. The lowest BCUT2D eigenvalue weighted by atomic mass is 10.1. The molecule has 33 heavy (non-hydrogen) atoms. The van der Waals surface area contributed by atoms with Crippen molar-refractivity contribution in [2.45, 2.75) is 13.8 Å². The van der Waals surface area contributed by atoms with Crippen molar-refractivity contribution >= 4 is 46.5 Å². The van der Waals surface area contributed by atoms with Gasteiger partial charge in [-0.2, -0.15) is 0 Å². The third-order valence-electron chi connectivity index (χ3n) is 4.82. The van der Waals surface area contributed by atoms with E-state index in [4.69, 9.17) is 15.2 Å². The van der Waals surface area contributed by atoms with Crippen LogP contribution < -0.4 is 20.5 Å². The first-order valence-corrected chi connectivity index (χ1v) is 10.7. The highest BCUT2D eigenvalue weighted by Gasteiger charge is 2.35. The molecule has 1 aliphatic rings. The Kier molecular flexibility index (Phi) is 7.39. The molecular weight excluding hydrogens is 446 g/mol. The van der Waals surface area contributed by atoms with E-state index in [0.29, 0.717) is 22.7 Å². The molecule has 3 N–H and O–H groups in total. The molecule has 2 aromatic carbocycles. The molecule has 0 aliphatic carbocycles. The summed E-state index contributed by atoms with van der Waals surface area (Å²) < 4.78 is 10.9. The van der Waals surface area contributed by atoms with Crippen molar-refractivity contribution < 1.29 is 28.7 Å². The molecule has 1 saturated heterocycles. The summed E-state index contributed by atoms with van der Waals surface area (Å²) in [5.41, 5.74) is 8.53. The van der Waals surface area contributed by atoms with Crippen LogP contribution in [0, 0.1) is 13.8 Å². The van der Waals surface area contributed by atoms with Gasteiger partial charge in [-0.25, -0.2) is 0 Å². The van der Waals surface area contributed by atoms with Gasteiger partial charge in [-0.3, -0.25) is 24.1 Å². The number of aryl methyl sites for hydroxylation is 2. The third-order valence-corrected chi connectivity index (χ3v) is 5.73. The number of imide groups is 1. The standard InChI is InChI=1S/C23H23N3O6S/c1-13-4-6-16(8-14(13)2)25-21(28)12-32-17-7-5-15(9-18(17)31-3)10-19-22(29)26(11-20(24)27)23(30)33-19/h4-10H,11-12H2,1-3H3,(H2,24,27)(H,25,28)/b19-10-. The minimum atomic E-state index is -0.775. The highest BCUT2D eigenvalue weighted by molar-refractivity contribution is 8.18. The van der Waals surface area contributed by atoms with Crippen molar-refractivity contribution in [1.29, 1.82) is 0 Å². The number of hydrogen-bond donors (Lipinski definition) is 2. The van der Waals surface area contributed by atoms with Gasteiger partial charge in [0.05, 0.1) is 12.0 Å². The van der Waals surface area contributed by atoms with Crippen LogP contribution in [0.25, 0.3) is 6.08 Å². The molecule has 0 atom stereocenters. The number of benzene rings is 2. The Bertz CT molecular complexity index is 1160. The van der Waals surface area contributed by atoms with Crippen LogP contribution in [0.4, 0.5) is 10.5 Å². The fourth-order valence-corrected chi connectivity index (χ4v) is 3.83. The molecule has 2 aromatic rings. The number of primary amides is 1. The molecule has 0 bridgehead atoms. The highest BCUT2D eigenvalue weighted by atomic mass is 32.2. The van der Waals surface area contributed by atoms with E-state index in [1.165, 1.54) is 13.2 Å². The van der Waals surface area contributed by atoms with Crippen molar-refractivity contribution in [2.75, 3.05) is 25.6 Å². The molecule has 0 spiro atoms. The Labute approximate surface area is 194 Å². The number of nitrogens with one attached hydrogen (secondary N) is 1. The monoisotopic (exact) mass is 469 g/mol. The molecule has 172 valence electrons. The zero-order valence-electron chi connectivity index (χ0n) is 18.3. The van der Waals surface area contributed by atoms with E-state index >= 15 is 0 Å². The van der Waals surface area contributed by atoms with E-state index in [1.807, 2.05) is 32.0 Å². The summed E-state index contributed by atoms with van der Waals surface area (Å²) in [5, 5.41) is 2.22. The summed E-state index contributed by atoms with van der Waals surface area (Å²) in [4.78, 5) is 48.6. The SMILES string of the molecule is COc1cc(/C=C2\SC(=O)N(CC(N)=O)C2=O)ccc1OCC(=O)Nc1ccc(C)c(C)c1. The number of anilines is 1. The summed E-state index contributed by atoms with van der Waals surface area (Å²) in [6, 6.07) is 10.5. The minimum absolute atomic E-state index is 0.157. The molecule has 3 rings (SSSR count). The van der Waals surface area contributed by atoms with Gasteiger partial charge in [0.25, 0.3) is 17.1 Å². The van der Waals surface area contributed by atoms with Crippen molar-refractivity contribution in [2.24, 2.45) is 5.73 Å². The number of nitrogens with two attached hydrogens (primary N) is 1.